The van der Waals surface area contributed by atoms with E-state index in [0.29, 0.717) is 13.2 Å². The van der Waals surface area contributed by atoms with Gasteiger partial charge in [0.2, 0.25) is 5.96 Å². The van der Waals surface area contributed by atoms with Gasteiger partial charge in [-0.15, -0.1) is 0 Å². The largest absolute Gasteiger partial charge is 0.390 e. The lowest BCUT2D eigenvalue weighted by Crippen LogP contribution is -2.43. The Morgan fingerprint density at radius 2 is 2.13 bits per heavy atom. The molecule has 90 valence electrons. The van der Waals surface area contributed by atoms with Crippen molar-refractivity contribution in [3.05, 3.63) is 0 Å². The number of hydrogen-bond acceptors (Lipinski definition) is 3. The van der Waals surface area contributed by atoms with Gasteiger partial charge in [0.05, 0.1) is 19.6 Å². The van der Waals surface area contributed by atoms with E-state index in [2.05, 4.69) is 15.7 Å². The third-order valence-electron chi connectivity index (χ3n) is 1.40. The fourth-order valence-electron chi connectivity index (χ4n) is 0.719. The molecule has 15 heavy (non-hydrogen) atoms. The summed E-state index contributed by atoms with van der Waals surface area (Å²) in [7, 11) is 1.51. The molecule has 0 aliphatic carbocycles. The SMILES string of the molecule is COCCNC(=NCCC(F)(F)F)NN. The lowest BCUT2D eigenvalue weighted by Gasteiger charge is -2.09. The number of hydrogen-bond donors (Lipinski definition) is 3. The first-order valence-electron chi connectivity index (χ1n) is 4.30. The van der Waals surface area contributed by atoms with Crippen LogP contribution in [0.5, 0.6) is 0 Å². The monoisotopic (exact) mass is 228 g/mol. The van der Waals surface area contributed by atoms with Crippen molar-refractivity contribution in [2.75, 3.05) is 26.8 Å². The first kappa shape index (κ1) is 14.0. The van der Waals surface area contributed by atoms with E-state index >= 15 is 0 Å². The van der Waals surface area contributed by atoms with Crippen molar-refractivity contribution in [3.63, 3.8) is 0 Å². The van der Waals surface area contributed by atoms with E-state index in [-0.39, 0.29) is 12.5 Å². The number of aliphatic imine (C=N–C) groups is 1. The van der Waals surface area contributed by atoms with Gasteiger partial charge in [-0.05, 0) is 0 Å². The molecule has 0 aromatic rings. The Morgan fingerprint density at radius 1 is 1.47 bits per heavy atom. The zero-order chi connectivity index (χ0) is 11.7. The Hall–Kier alpha value is -1.02. The van der Waals surface area contributed by atoms with E-state index in [0.717, 1.165) is 0 Å². The van der Waals surface area contributed by atoms with Gasteiger partial charge in [-0.2, -0.15) is 13.2 Å². The molecular formula is C7H15F3N4O. The van der Waals surface area contributed by atoms with Crippen LogP contribution in [0.15, 0.2) is 4.99 Å². The number of alkyl halides is 3. The molecule has 0 heterocycles. The normalized spacial score (nSPS) is 12.7. The fourth-order valence-corrected chi connectivity index (χ4v) is 0.719. The highest BCUT2D eigenvalue weighted by Gasteiger charge is 2.26. The Bertz CT molecular complexity index is 195. The molecule has 0 saturated carbocycles. The standard InChI is InChI=1S/C7H15F3N4O/c1-15-5-4-13-6(14-11)12-3-2-7(8,9)10/h2-5,11H2,1H3,(H2,12,13,14). The van der Waals surface area contributed by atoms with Crippen LogP contribution in [0, 0.1) is 0 Å². The van der Waals surface area contributed by atoms with Gasteiger partial charge in [-0.25, -0.2) is 5.84 Å². The topological polar surface area (TPSA) is 71.7 Å². The minimum Gasteiger partial charge on any atom is -0.383 e. The number of nitrogens with two attached hydrogens (primary N) is 1. The summed E-state index contributed by atoms with van der Waals surface area (Å²) in [5.41, 5.74) is 2.16. The zero-order valence-corrected chi connectivity index (χ0v) is 8.40. The maximum absolute atomic E-state index is 11.8. The maximum atomic E-state index is 11.8. The predicted molar refractivity (Wildman–Crippen MR) is 50.2 cm³/mol. The number of methoxy groups -OCH3 is 1. The predicted octanol–water partition coefficient (Wildman–Crippen LogP) is -0.00590. The van der Waals surface area contributed by atoms with Crippen molar-refractivity contribution in [2.24, 2.45) is 10.8 Å². The molecule has 5 nitrogen and oxygen atoms in total. The number of nitrogens with one attached hydrogen (secondary N) is 2. The average Bonchev–Trinajstić information content (AvgIpc) is 2.14. The minimum atomic E-state index is -4.20. The zero-order valence-electron chi connectivity index (χ0n) is 8.40. The number of guanidine groups is 1. The molecule has 0 unspecified atom stereocenters. The van der Waals surface area contributed by atoms with Crippen molar-refractivity contribution in [1.29, 1.82) is 0 Å². The lowest BCUT2D eigenvalue weighted by molar-refractivity contribution is -0.132. The van der Waals surface area contributed by atoms with Crippen LogP contribution in [-0.2, 0) is 4.74 Å². The molecule has 8 heteroatoms. The average molecular weight is 228 g/mol. The van der Waals surface area contributed by atoms with Crippen LogP contribution in [0.1, 0.15) is 6.42 Å². The molecule has 0 spiro atoms. The van der Waals surface area contributed by atoms with Crippen molar-refractivity contribution in [2.45, 2.75) is 12.6 Å². The number of nitrogens with zero attached hydrogens (tertiary/aromatic N) is 1. The molecular weight excluding hydrogens is 213 g/mol. The highest BCUT2D eigenvalue weighted by molar-refractivity contribution is 5.79. The first-order valence-corrected chi connectivity index (χ1v) is 4.30. The van der Waals surface area contributed by atoms with Gasteiger partial charge in [-0.3, -0.25) is 10.4 Å². The van der Waals surface area contributed by atoms with Gasteiger partial charge in [0.1, 0.15) is 0 Å². The Labute approximate surface area is 85.8 Å². The number of hydrazine groups is 1. The van der Waals surface area contributed by atoms with Gasteiger partial charge in [-0.1, -0.05) is 0 Å². The Balaban J connectivity index is 3.79. The Morgan fingerprint density at radius 3 is 2.60 bits per heavy atom. The maximum Gasteiger partial charge on any atom is 0.390 e. The number of rotatable bonds is 5. The van der Waals surface area contributed by atoms with E-state index in [1.165, 1.54) is 7.11 Å². The Kier molecular flexibility index (Phi) is 6.80. The lowest BCUT2D eigenvalue weighted by atomic mass is 10.4. The van der Waals surface area contributed by atoms with Gasteiger partial charge >= 0.3 is 6.18 Å². The molecule has 0 amide bonds. The molecule has 0 atom stereocenters. The van der Waals surface area contributed by atoms with Crippen molar-refractivity contribution < 1.29 is 17.9 Å². The smallest absolute Gasteiger partial charge is 0.383 e. The molecule has 0 radical (unpaired) electrons. The van der Waals surface area contributed by atoms with Crippen LogP contribution in [0.25, 0.3) is 0 Å². The summed E-state index contributed by atoms with van der Waals surface area (Å²) < 4.78 is 40.0. The summed E-state index contributed by atoms with van der Waals surface area (Å²) in [5, 5.41) is 2.68. The summed E-state index contributed by atoms with van der Waals surface area (Å²) in [6.07, 6.45) is -5.17. The van der Waals surface area contributed by atoms with Crippen LogP contribution in [-0.4, -0.2) is 38.9 Å². The molecule has 0 rings (SSSR count). The van der Waals surface area contributed by atoms with Crippen molar-refractivity contribution >= 4 is 5.96 Å². The van der Waals surface area contributed by atoms with Gasteiger partial charge in [0, 0.05) is 13.7 Å². The second-order valence-electron chi connectivity index (χ2n) is 2.66. The molecule has 0 aromatic carbocycles. The summed E-state index contributed by atoms with van der Waals surface area (Å²) in [4.78, 5) is 3.59. The van der Waals surface area contributed by atoms with E-state index < -0.39 is 12.6 Å². The fraction of sp³-hybridized carbons (Fsp3) is 0.857. The molecule has 0 aliphatic heterocycles. The highest BCUT2D eigenvalue weighted by Crippen LogP contribution is 2.18. The second kappa shape index (κ2) is 7.30. The highest BCUT2D eigenvalue weighted by atomic mass is 19.4. The number of ether oxygens (including phenoxy) is 1. The minimum absolute atomic E-state index is 0.122. The molecule has 0 bridgehead atoms. The van der Waals surface area contributed by atoms with Gasteiger partial charge in [0.15, 0.2) is 0 Å². The first-order chi connectivity index (χ1) is 6.99. The summed E-state index contributed by atoms with van der Waals surface area (Å²) >= 11 is 0. The van der Waals surface area contributed by atoms with E-state index in [1.54, 1.807) is 0 Å². The molecule has 0 aromatic heterocycles. The van der Waals surface area contributed by atoms with Crippen LogP contribution >= 0.6 is 0 Å². The van der Waals surface area contributed by atoms with Crippen LogP contribution in [0.4, 0.5) is 13.2 Å². The quantitative estimate of drug-likeness (QED) is 0.203. The van der Waals surface area contributed by atoms with Gasteiger partial charge < -0.3 is 10.1 Å². The summed E-state index contributed by atoms with van der Waals surface area (Å²) in [6.45, 7) is 0.481. The van der Waals surface area contributed by atoms with Crippen LogP contribution in [0.2, 0.25) is 0 Å². The second-order valence-corrected chi connectivity index (χ2v) is 2.66. The molecule has 0 fully saturated rings. The molecule has 4 N–H and O–H groups in total. The van der Waals surface area contributed by atoms with E-state index in [4.69, 9.17) is 10.6 Å². The third kappa shape index (κ3) is 9.29. The number of halogens is 3. The van der Waals surface area contributed by atoms with Gasteiger partial charge in [0.25, 0.3) is 0 Å². The summed E-state index contributed by atoms with van der Waals surface area (Å²) in [6, 6.07) is 0. The van der Waals surface area contributed by atoms with Crippen LogP contribution in [0.3, 0.4) is 0 Å². The van der Waals surface area contributed by atoms with Crippen molar-refractivity contribution in [1.82, 2.24) is 10.7 Å². The van der Waals surface area contributed by atoms with E-state index in [1.807, 2.05) is 0 Å². The molecule has 0 aliphatic rings. The van der Waals surface area contributed by atoms with E-state index in [9.17, 15) is 13.2 Å². The summed E-state index contributed by atoms with van der Waals surface area (Å²) in [5.74, 6) is 5.16. The van der Waals surface area contributed by atoms with Crippen LogP contribution < -0.4 is 16.6 Å². The third-order valence-corrected chi connectivity index (χ3v) is 1.40. The van der Waals surface area contributed by atoms with Crippen molar-refractivity contribution in [3.8, 4) is 0 Å². The molecule has 0 saturated heterocycles.